The summed E-state index contributed by atoms with van der Waals surface area (Å²) in [5, 5.41) is 10.4. The third-order valence-corrected chi connectivity index (χ3v) is 7.01. The van der Waals surface area contributed by atoms with Gasteiger partial charge < -0.3 is 0 Å². The van der Waals surface area contributed by atoms with Crippen LogP contribution in [0.3, 0.4) is 0 Å². The summed E-state index contributed by atoms with van der Waals surface area (Å²) in [5.74, 6) is -0.796. The lowest BCUT2D eigenvalue weighted by atomic mass is 10.1. The molecule has 13 heteroatoms. The van der Waals surface area contributed by atoms with E-state index >= 15 is 0 Å². The SMILES string of the molecule is Cc1ccc(-c2nnc(NC(=O)C(C)N(c3ccc(Cl)c(C(F)(F)F)c3)S(C)(=O)=O)s2)cc1. The fourth-order valence-corrected chi connectivity index (χ4v) is 5.12. The zero-order valence-corrected chi connectivity index (χ0v) is 19.9. The Morgan fingerprint density at radius 1 is 1.15 bits per heavy atom. The maximum absolute atomic E-state index is 13.3. The average Bonchev–Trinajstić information content (AvgIpc) is 3.16. The van der Waals surface area contributed by atoms with Crippen molar-refractivity contribution in [1.82, 2.24) is 10.2 Å². The van der Waals surface area contributed by atoms with Gasteiger partial charge in [-0.1, -0.05) is 52.8 Å². The van der Waals surface area contributed by atoms with Gasteiger partial charge in [-0.05, 0) is 32.0 Å². The molecule has 2 aromatic carbocycles. The van der Waals surface area contributed by atoms with Gasteiger partial charge in [0.05, 0.1) is 22.5 Å². The number of carbonyl (C=O) groups is 1. The number of alkyl halides is 3. The fourth-order valence-electron chi connectivity index (χ4n) is 2.97. The van der Waals surface area contributed by atoms with Crippen molar-refractivity contribution in [2.45, 2.75) is 26.1 Å². The molecule has 0 radical (unpaired) electrons. The highest BCUT2D eigenvalue weighted by atomic mass is 35.5. The van der Waals surface area contributed by atoms with Crippen LogP contribution < -0.4 is 9.62 Å². The van der Waals surface area contributed by atoms with Crippen LogP contribution in [0.2, 0.25) is 5.02 Å². The van der Waals surface area contributed by atoms with E-state index in [9.17, 15) is 26.4 Å². The fraction of sp³-hybridized carbons (Fsp3) is 0.250. The monoisotopic (exact) mass is 518 g/mol. The number of hydrogen-bond acceptors (Lipinski definition) is 6. The summed E-state index contributed by atoms with van der Waals surface area (Å²) in [4.78, 5) is 12.8. The van der Waals surface area contributed by atoms with Gasteiger partial charge in [0.1, 0.15) is 11.0 Å². The number of aryl methyl sites for hydroxylation is 1. The Balaban J connectivity index is 1.87. The van der Waals surface area contributed by atoms with Gasteiger partial charge in [0, 0.05) is 5.56 Å². The maximum Gasteiger partial charge on any atom is 0.417 e. The van der Waals surface area contributed by atoms with Crippen LogP contribution in [0.25, 0.3) is 10.6 Å². The second-order valence-corrected chi connectivity index (χ2v) is 10.4. The molecule has 1 amide bonds. The zero-order chi connectivity index (χ0) is 24.6. The number of aromatic nitrogens is 2. The highest BCUT2D eigenvalue weighted by Gasteiger charge is 2.36. The van der Waals surface area contributed by atoms with E-state index in [1.54, 1.807) is 0 Å². The number of anilines is 2. The number of carbonyl (C=O) groups excluding carboxylic acids is 1. The Kier molecular flexibility index (Phi) is 7.01. The Bertz CT molecular complexity index is 1280. The summed E-state index contributed by atoms with van der Waals surface area (Å²) in [7, 11) is -4.14. The van der Waals surface area contributed by atoms with Gasteiger partial charge in [0.15, 0.2) is 0 Å². The number of halogens is 4. The molecule has 7 nitrogen and oxygen atoms in total. The first kappa shape index (κ1) is 24.9. The maximum atomic E-state index is 13.3. The first-order chi connectivity index (χ1) is 15.3. The molecule has 0 bridgehead atoms. The highest BCUT2D eigenvalue weighted by molar-refractivity contribution is 7.92. The van der Waals surface area contributed by atoms with E-state index in [1.807, 2.05) is 31.2 Å². The van der Waals surface area contributed by atoms with Crippen LogP contribution >= 0.6 is 22.9 Å². The molecule has 1 atom stereocenters. The van der Waals surface area contributed by atoms with Crippen molar-refractivity contribution in [2.24, 2.45) is 0 Å². The molecule has 1 aromatic heterocycles. The van der Waals surface area contributed by atoms with E-state index in [0.717, 1.165) is 40.9 Å². The van der Waals surface area contributed by atoms with Crippen molar-refractivity contribution in [2.75, 3.05) is 15.9 Å². The van der Waals surface area contributed by atoms with Crippen molar-refractivity contribution < 1.29 is 26.4 Å². The molecule has 33 heavy (non-hydrogen) atoms. The summed E-state index contributed by atoms with van der Waals surface area (Å²) in [6.07, 6.45) is -4.01. The Morgan fingerprint density at radius 2 is 1.79 bits per heavy atom. The molecular formula is C20H18ClF3N4O3S2. The Labute approximate surface area is 197 Å². The van der Waals surface area contributed by atoms with Crippen LogP contribution in [-0.4, -0.2) is 36.8 Å². The van der Waals surface area contributed by atoms with E-state index in [0.29, 0.717) is 15.4 Å². The standard InChI is InChI=1S/C20H18ClF3N4O3S2/c1-11-4-6-13(7-5-11)18-26-27-19(32-18)25-17(29)12(2)28(33(3,30)31)14-8-9-16(21)15(10-14)20(22,23)24/h4-10,12H,1-3H3,(H,25,27,29). The number of hydrogen-bond donors (Lipinski definition) is 1. The van der Waals surface area contributed by atoms with E-state index in [1.165, 1.54) is 6.92 Å². The van der Waals surface area contributed by atoms with Crippen LogP contribution in [0.5, 0.6) is 0 Å². The molecule has 0 spiro atoms. The topological polar surface area (TPSA) is 92.3 Å². The van der Waals surface area contributed by atoms with Gasteiger partial charge in [-0.25, -0.2) is 8.42 Å². The predicted molar refractivity (Wildman–Crippen MR) is 122 cm³/mol. The van der Waals surface area contributed by atoms with Gasteiger partial charge in [0.25, 0.3) is 0 Å². The molecule has 0 saturated heterocycles. The minimum Gasteiger partial charge on any atom is -0.299 e. The van der Waals surface area contributed by atoms with Crippen molar-refractivity contribution in [3.8, 4) is 10.6 Å². The van der Waals surface area contributed by atoms with Crippen LogP contribution in [0.15, 0.2) is 42.5 Å². The average molecular weight is 519 g/mol. The van der Waals surface area contributed by atoms with Crippen molar-refractivity contribution in [3.05, 3.63) is 58.6 Å². The number of nitrogens with zero attached hydrogens (tertiary/aromatic N) is 3. The van der Waals surface area contributed by atoms with Crippen LogP contribution in [0, 0.1) is 6.92 Å². The molecule has 0 fully saturated rings. The normalized spacial score (nSPS) is 12.9. The third-order valence-electron chi connectivity index (χ3n) is 4.55. The van der Waals surface area contributed by atoms with E-state index in [2.05, 4.69) is 15.5 Å². The van der Waals surface area contributed by atoms with Crippen LogP contribution in [-0.2, 0) is 21.0 Å². The van der Waals surface area contributed by atoms with E-state index in [-0.39, 0.29) is 10.8 Å². The second kappa shape index (κ2) is 9.27. The molecule has 0 saturated carbocycles. The lowest BCUT2D eigenvalue weighted by molar-refractivity contribution is -0.137. The summed E-state index contributed by atoms with van der Waals surface area (Å²) in [6, 6.07) is 8.69. The largest absolute Gasteiger partial charge is 0.417 e. The van der Waals surface area contributed by atoms with Gasteiger partial charge in [-0.3, -0.25) is 14.4 Å². The minimum absolute atomic E-state index is 0.114. The number of benzene rings is 2. The molecule has 0 aliphatic heterocycles. The summed E-state index contributed by atoms with van der Waals surface area (Å²) in [5.41, 5.74) is 0.275. The van der Waals surface area contributed by atoms with Crippen LogP contribution in [0.4, 0.5) is 24.0 Å². The molecule has 1 unspecified atom stereocenters. The molecule has 0 aliphatic carbocycles. The molecule has 3 aromatic rings. The van der Waals surface area contributed by atoms with E-state index < -0.39 is 38.7 Å². The summed E-state index contributed by atoms with van der Waals surface area (Å²) in [6.45, 7) is 3.18. The summed E-state index contributed by atoms with van der Waals surface area (Å²) < 4.78 is 65.2. The first-order valence-corrected chi connectivity index (χ1v) is 12.4. The predicted octanol–water partition coefficient (Wildman–Crippen LogP) is 4.98. The molecule has 3 rings (SSSR count). The molecule has 0 aliphatic rings. The quantitative estimate of drug-likeness (QED) is 0.497. The molecule has 176 valence electrons. The highest BCUT2D eigenvalue weighted by Crippen LogP contribution is 2.38. The number of sulfonamides is 1. The van der Waals surface area contributed by atoms with Gasteiger partial charge in [0.2, 0.25) is 21.1 Å². The summed E-state index contributed by atoms with van der Waals surface area (Å²) >= 11 is 6.70. The first-order valence-electron chi connectivity index (χ1n) is 9.35. The lowest BCUT2D eigenvalue weighted by Crippen LogP contribution is -2.45. The van der Waals surface area contributed by atoms with Gasteiger partial charge in [-0.15, -0.1) is 10.2 Å². The minimum atomic E-state index is -4.80. The van der Waals surface area contributed by atoms with E-state index in [4.69, 9.17) is 11.6 Å². The van der Waals surface area contributed by atoms with Crippen molar-refractivity contribution in [3.63, 3.8) is 0 Å². The van der Waals surface area contributed by atoms with Crippen molar-refractivity contribution in [1.29, 1.82) is 0 Å². The molecule has 1 N–H and O–H groups in total. The zero-order valence-electron chi connectivity index (χ0n) is 17.5. The lowest BCUT2D eigenvalue weighted by Gasteiger charge is -2.28. The van der Waals surface area contributed by atoms with Gasteiger partial charge in [-0.2, -0.15) is 13.2 Å². The number of nitrogens with one attached hydrogen (secondary N) is 1. The number of amides is 1. The second-order valence-electron chi connectivity index (χ2n) is 7.16. The van der Waals surface area contributed by atoms with Crippen LogP contribution in [0.1, 0.15) is 18.1 Å². The van der Waals surface area contributed by atoms with Gasteiger partial charge >= 0.3 is 6.18 Å². The molecule has 1 heterocycles. The third kappa shape index (κ3) is 5.81. The smallest absolute Gasteiger partial charge is 0.299 e. The van der Waals surface area contributed by atoms with Crippen molar-refractivity contribution >= 4 is 49.7 Å². The Morgan fingerprint density at radius 3 is 2.36 bits per heavy atom. The Hall–Kier alpha value is -2.70. The number of rotatable bonds is 6. The molecular weight excluding hydrogens is 501 g/mol.